The van der Waals surface area contributed by atoms with Crippen molar-refractivity contribution < 1.29 is 14.3 Å². The van der Waals surface area contributed by atoms with Crippen LogP contribution in [0.5, 0.6) is 0 Å². The number of ether oxygens (including phenoxy) is 1. The molecule has 3 heterocycles. The van der Waals surface area contributed by atoms with Crippen molar-refractivity contribution in [3.63, 3.8) is 0 Å². The van der Waals surface area contributed by atoms with Gasteiger partial charge in [0.2, 0.25) is 5.95 Å². The molecule has 1 N–H and O–H groups in total. The summed E-state index contributed by atoms with van der Waals surface area (Å²) in [5.41, 5.74) is 0.139. The van der Waals surface area contributed by atoms with E-state index in [4.69, 9.17) is 0 Å². The molecule has 1 unspecified atom stereocenters. The molecule has 1 fully saturated rings. The quantitative estimate of drug-likeness (QED) is 0.819. The minimum Gasteiger partial charge on any atom is -0.464 e. The molecule has 0 bridgehead atoms. The Morgan fingerprint density at radius 2 is 2.25 bits per heavy atom. The topological polar surface area (TPSA) is 102 Å². The Balaban J connectivity index is 1.75. The van der Waals surface area contributed by atoms with Crippen molar-refractivity contribution in [1.82, 2.24) is 19.7 Å². The average molecular weight is 330 g/mol. The lowest BCUT2D eigenvalue weighted by Gasteiger charge is -2.31. The number of aryl methyl sites for hydroxylation is 1. The summed E-state index contributed by atoms with van der Waals surface area (Å²) in [6.45, 7) is 0.622. The molecule has 1 atom stereocenters. The molecule has 2 aromatic rings. The van der Waals surface area contributed by atoms with E-state index in [2.05, 4.69) is 25.1 Å². The molecule has 0 aromatic carbocycles. The van der Waals surface area contributed by atoms with E-state index in [9.17, 15) is 9.59 Å². The number of amides is 1. The standard InChI is InChI=1S/C15H18N6O3/c1-20-9-6-12(19-20)21-8-3-4-10(13(21)22)17-15-16-7-5-11(18-15)14(23)24-2/h5-7,9-10H,3-4,8H2,1-2H3,(H,16,17,18). The van der Waals surface area contributed by atoms with Crippen molar-refractivity contribution in [2.24, 2.45) is 7.05 Å². The first kappa shape index (κ1) is 15.9. The highest BCUT2D eigenvalue weighted by Gasteiger charge is 2.31. The number of carbonyl (C=O) groups excluding carboxylic acids is 2. The molecular formula is C15H18N6O3. The summed E-state index contributed by atoms with van der Waals surface area (Å²) in [4.78, 5) is 34.0. The predicted octanol–water partition coefficient (Wildman–Crippen LogP) is 0.604. The second-order valence-electron chi connectivity index (χ2n) is 5.43. The fourth-order valence-electron chi connectivity index (χ4n) is 2.59. The van der Waals surface area contributed by atoms with E-state index in [-0.39, 0.29) is 17.5 Å². The third kappa shape index (κ3) is 3.19. The summed E-state index contributed by atoms with van der Waals surface area (Å²) in [6, 6.07) is 2.79. The van der Waals surface area contributed by atoms with Gasteiger partial charge in [0, 0.05) is 32.1 Å². The van der Waals surface area contributed by atoms with E-state index in [0.29, 0.717) is 18.8 Å². The first-order chi connectivity index (χ1) is 11.6. The molecule has 1 amide bonds. The average Bonchev–Trinajstić information content (AvgIpc) is 3.02. The second kappa shape index (κ2) is 6.65. The summed E-state index contributed by atoms with van der Waals surface area (Å²) >= 11 is 0. The largest absolute Gasteiger partial charge is 0.464 e. The van der Waals surface area contributed by atoms with Crippen LogP contribution in [0, 0.1) is 0 Å². The SMILES string of the molecule is COC(=O)c1ccnc(NC2CCCN(c3ccn(C)n3)C2=O)n1. The van der Waals surface area contributed by atoms with Gasteiger partial charge < -0.3 is 10.1 Å². The summed E-state index contributed by atoms with van der Waals surface area (Å²) in [7, 11) is 3.09. The van der Waals surface area contributed by atoms with E-state index >= 15 is 0 Å². The third-order valence-corrected chi connectivity index (χ3v) is 3.77. The number of rotatable bonds is 4. The van der Waals surface area contributed by atoms with Gasteiger partial charge in [-0.25, -0.2) is 14.8 Å². The number of hydrogen-bond acceptors (Lipinski definition) is 7. The smallest absolute Gasteiger partial charge is 0.356 e. The lowest BCUT2D eigenvalue weighted by atomic mass is 10.1. The lowest BCUT2D eigenvalue weighted by Crippen LogP contribution is -2.48. The second-order valence-corrected chi connectivity index (χ2v) is 5.43. The Morgan fingerprint density at radius 1 is 1.42 bits per heavy atom. The molecule has 3 rings (SSSR count). The number of carbonyl (C=O) groups is 2. The molecular weight excluding hydrogens is 312 g/mol. The van der Waals surface area contributed by atoms with Crippen LogP contribution in [-0.2, 0) is 16.6 Å². The van der Waals surface area contributed by atoms with Gasteiger partial charge in [-0.2, -0.15) is 5.10 Å². The Hall–Kier alpha value is -2.97. The van der Waals surface area contributed by atoms with Gasteiger partial charge in [-0.15, -0.1) is 0 Å². The summed E-state index contributed by atoms with van der Waals surface area (Å²) < 4.78 is 6.29. The van der Waals surface area contributed by atoms with Gasteiger partial charge >= 0.3 is 5.97 Å². The van der Waals surface area contributed by atoms with E-state index in [1.807, 2.05) is 0 Å². The number of nitrogens with one attached hydrogen (secondary N) is 1. The highest BCUT2D eigenvalue weighted by molar-refractivity contribution is 5.98. The van der Waals surface area contributed by atoms with Crippen molar-refractivity contribution in [1.29, 1.82) is 0 Å². The monoisotopic (exact) mass is 330 g/mol. The molecule has 9 nitrogen and oxygen atoms in total. The number of esters is 1. The Morgan fingerprint density at radius 3 is 2.96 bits per heavy atom. The molecule has 0 saturated carbocycles. The zero-order chi connectivity index (χ0) is 17.1. The van der Waals surface area contributed by atoms with Crippen molar-refractivity contribution in [3.8, 4) is 0 Å². The van der Waals surface area contributed by atoms with Crippen LogP contribution < -0.4 is 10.2 Å². The maximum Gasteiger partial charge on any atom is 0.356 e. The normalized spacial score (nSPS) is 17.7. The lowest BCUT2D eigenvalue weighted by molar-refractivity contribution is -0.120. The van der Waals surface area contributed by atoms with E-state index in [1.165, 1.54) is 19.4 Å². The van der Waals surface area contributed by atoms with Gasteiger partial charge in [0.15, 0.2) is 11.5 Å². The van der Waals surface area contributed by atoms with Gasteiger partial charge in [-0.1, -0.05) is 0 Å². The van der Waals surface area contributed by atoms with Crippen LogP contribution in [0.2, 0.25) is 0 Å². The molecule has 9 heteroatoms. The molecule has 2 aromatic heterocycles. The van der Waals surface area contributed by atoms with Crippen LogP contribution in [-0.4, -0.2) is 51.3 Å². The molecule has 1 aliphatic heterocycles. The van der Waals surface area contributed by atoms with Crippen LogP contribution in [0.15, 0.2) is 24.5 Å². The number of nitrogens with zero attached hydrogens (tertiary/aromatic N) is 5. The zero-order valence-electron chi connectivity index (χ0n) is 13.5. The van der Waals surface area contributed by atoms with Crippen LogP contribution in [0.4, 0.5) is 11.8 Å². The highest BCUT2D eigenvalue weighted by atomic mass is 16.5. The Kier molecular flexibility index (Phi) is 4.41. The number of hydrogen-bond donors (Lipinski definition) is 1. The minimum atomic E-state index is -0.550. The van der Waals surface area contributed by atoms with Crippen molar-refractivity contribution >= 4 is 23.6 Å². The van der Waals surface area contributed by atoms with Crippen molar-refractivity contribution in [2.45, 2.75) is 18.9 Å². The maximum atomic E-state index is 12.7. The highest BCUT2D eigenvalue weighted by Crippen LogP contribution is 2.20. The number of piperidine rings is 1. The summed E-state index contributed by atoms with van der Waals surface area (Å²) in [6.07, 6.45) is 4.73. The summed E-state index contributed by atoms with van der Waals surface area (Å²) in [5, 5.41) is 7.28. The van der Waals surface area contributed by atoms with Gasteiger partial charge in [0.25, 0.3) is 5.91 Å². The third-order valence-electron chi connectivity index (χ3n) is 3.77. The zero-order valence-corrected chi connectivity index (χ0v) is 13.5. The van der Waals surface area contributed by atoms with Crippen LogP contribution in [0.3, 0.4) is 0 Å². The van der Waals surface area contributed by atoms with Crippen molar-refractivity contribution in [2.75, 3.05) is 23.9 Å². The van der Waals surface area contributed by atoms with Gasteiger partial charge in [0.05, 0.1) is 7.11 Å². The number of anilines is 2. The van der Waals surface area contributed by atoms with Gasteiger partial charge in [0.1, 0.15) is 6.04 Å². The Bertz CT molecular complexity index is 759. The van der Waals surface area contributed by atoms with E-state index in [1.54, 1.807) is 28.9 Å². The predicted molar refractivity (Wildman–Crippen MR) is 85.6 cm³/mol. The number of aromatic nitrogens is 4. The molecule has 0 aliphatic carbocycles. The molecule has 1 saturated heterocycles. The molecule has 24 heavy (non-hydrogen) atoms. The van der Waals surface area contributed by atoms with E-state index in [0.717, 1.165) is 6.42 Å². The maximum absolute atomic E-state index is 12.7. The van der Waals surface area contributed by atoms with E-state index < -0.39 is 12.0 Å². The minimum absolute atomic E-state index is 0.0907. The summed E-state index contributed by atoms with van der Waals surface area (Å²) in [5.74, 6) is 0.204. The van der Waals surface area contributed by atoms with Crippen LogP contribution in [0.25, 0.3) is 0 Å². The fourth-order valence-corrected chi connectivity index (χ4v) is 2.59. The fraction of sp³-hybridized carbons (Fsp3) is 0.400. The first-order valence-electron chi connectivity index (χ1n) is 7.57. The molecule has 0 spiro atoms. The molecule has 0 radical (unpaired) electrons. The molecule has 126 valence electrons. The van der Waals surface area contributed by atoms with Gasteiger partial charge in [-0.3, -0.25) is 14.4 Å². The van der Waals surface area contributed by atoms with Crippen LogP contribution >= 0.6 is 0 Å². The molecule has 1 aliphatic rings. The van der Waals surface area contributed by atoms with Gasteiger partial charge in [-0.05, 0) is 18.9 Å². The Labute approximate surface area is 138 Å². The number of methoxy groups -OCH3 is 1. The van der Waals surface area contributed by atoms with Crippen molar-refractivity contribution in [3.05, 3.63) is 30.2 Å². The first-order valence-corrected chi connectivity index (χ1v) is 7.57. The van der Waals surface area contributed by atoms with Crippen LogP contribution in [0.1, 0.15) is 23.3 Å².